The van der Waals surface area contributed by atoms with Crippen molar-refractivity contribution in [3.05, 3.63) is 65.7 Å². The largest absolute Gasteiger partial charge is 0.489 e. The van der Waals surface area contributed by atoms with Crippen LogP contribution in [0, 0.1) is 0 Å². The second-order valence-electron chi connectivity index (χ2n) is 4.46. The van der Waals surface area contributed by atoms with E-state index in [1.165, 1.54) is 5.56 Å². The first-order valence-electron chi connectivity index (χ1n) is 6.53. The fourth-order valence-corrected chi connectivity index (χ4v) is 1.96. The molecule has 4 heteroatoms. The summed E-state index contributed by atoms with van der Waals surface area (Å²) in [7, 11) is 0. The molecular formula is C16H18N2OS. The lowest BCUT2D eigenvalue weighted by atomic mass is 10.1. The Bertz CT molecular complexity index is 557. The Hall–Kier alpha value is -2.07. The summed E-state index contributed by atoms with van der Waals surface area (Å²) >= 11 is 4.77. The number of benzene rings is 2. The third kappa shape index (κ3) is 4.90. The predicted octanol–water partition coefficient (Wildman–Crippen LogP) is 2.64. The first-order valence-corrected chi connectivity index (χ1v) is 6.94. The second kappa shape index (κ2) is 7.50. The van der Waals surface area contributed by atoms with Crippen LogP contribution in [0.4, 0.5) is 0 Å². The van der Waals surface area contributed by atoms with Crippen molar-refractivity contribution in [3.8, 4) is 5.75 Å². The molecule has 0 saturated heterocycles. The van der Waals surface area contributed by atoms with Crippen molar-refractivity contribution in [1.82, 2.24) is 5.32 Å². The third-order valence-electron chi connectivity index (χ3n) is 2.86. The topological polar surface area (TPSA) is 47.3 Å². The van der Waals surface area contributed by atoms with E-state index < -0.39 is 0 Å². The zero-order chi connectivity index (χ0) is 14.2. The minimum absolute atomic E-state index is 0.335. The lowest BCUT2D eigenvalue weighted by Crippen LogP contribution is -2.30. The molecule has 3 nitrogen and oxygen atoms in total. The molecule has 0 heterocycles. The summed E-state index contributed by atoms with van der Waals surface area (Å²) in [5, 5.41) is 3.27. The van der Waals surface area contributed by atoms with Gasteiger partial charge in [0.25, 0.3) is 0 Å². The molecule has 0 aliphatic carbocycles. The Morgan fingerprint density at radius 1 is 1.05 bits per heavy atom. The van der Waals surface area contributed by atoms with Gasteiger partial charge in [-0.25, -0.2) is 0 Å². The quantitative estimate of drug-likeness (QED) is 0.802. The van der Waals surface area contributed by atoms with Crippen LogP contribution in [-0.2, 0) is 13.0 Å². The van der Waals surface area contributed by atoms with Crippen LogP contribution in [0.15, 0.2) is 54.6 Å². The van der Waals surface area contributed by atoms with E-state index in [4.69, 9.17) is 22.7 Å². The van der Waals surface area contributed by atoms with Gasteiger partial charge in [0.15, 0.2) is 5.11 Å². The van der Waals surface area contributed by atoms with Crippen LogP contribution >= 0.6 is 12.2 Å². The van der Waals surface area contributed by atoms with Crippen LogP contribution in [0.3, 0.4) is 0 Å². The van der Waals surface area contributed by atoms with Crippen LogP contribution in [-0.4, -0.2) is 11.7 Å². The van der Waals surface area contributed by atoms with E-state index >= 15 is 0 Å². The maximum Gasteiger partial charge on any atom is 0.163 e. The highest BCUT2D eigenvalue weighted by Gasteiger charge is 1.98. The van der Waals surface area contributed by atoms with E-state index in [-0.39, 0.29) is 0 Å². The molecule has 0 radical (unpaired) electrons. The van der Waals surface area contributed by atoms with Crippen LogP contribution in [0.25, 0.3) is 0 Å². The molecule has 2 rings (SSSR count). The molecule has 104 valence electrons. The molecule has 0 saturated carbocycles. The molecule has 3 N–H and O–H groups in total. The first kappa shape index (κ1) is 14.3. The van der Waals surface area contributed by atoms with Crippen molar-refractivity contribution in [3.63, 3.8) is 0 Å². The average molecular weight is 286 g/mol. The number of nitrogens with two attached hydrogens (primary N) is 1. The van der Waals surface area contributed by atoms with Crippen molar-refractivity contribution in [1.29, 1.82) is 0 Å². The molecule has 2 aromatic rings. The van der Waals surface area contributed by atoms with Crippen LogP contribution in [0.1, 0.15) is 11.1 Å². The van der Waals surface area contributed by atoms with Gasteiger partial charge in [-0.05, 0) is 41.9 Å². The van der Waals surface area contributed by atoms with Gasteiger partial charge in [-0.2, -0.15) is 0 Å². The van der Waals surface area contributed by atoms with Crippen molar-refractivity contribution in [2.75, 3.05) is 6.54 Å². The molecule has 0 aliphatic rings. The summed E-state index contributed by atoms with van der Waals surface area (Å²) in [6, 6.07) is 18.2. The van der Waals surface area contributed by atoms with Crippen LogP contribution in [0.5, 0.6) is 5.75 Å². The molecular weight excluding hydrogens is 268 g/mol. The van der Waals surface area contributed by atoms with Crippen LogP contribution in [0.2, 0.25) is 0 Å². The summed E-state index contributed by atoms with van der Waals surface area (Å²) in [6.07, 6.45) is 0.861. The van der Waals surface area contributed by atoms with Gasteiger partial charge in [0.05, 0.1) is 0 Å². The van der Waals surface area contributed by atoms with Gasteiger partial charge in [-0.1, -0.05) is 42.5 Å². The molecule has 0 aliphatic heterocycles. The monoisotopic (exact) mass is 286 g/mol. The minimum Gasteiger partial charge on any atom is -0.489 e. The van der Waals surface area contributed by atoms with E-state index in [9.17, 15) is 0 Å². The number of nitrogens with one attached hydrogen (secondary N) is 1. The molecule has 0 fully saturated rings. The molecule has 0 spiro atoms. The van der Waals surface area contributed by atoms with E-state index in [0.717, 1.165) is 24.3 Å². The highest BCUT2D eigenvalue weighted by atomic mass is 32.1. The molecule has 0 amide bonds. The smallest absolute Gasteiger partial charge is 0.163 e. The Morgan fingerprint density at radius 3 is 2.55 bits per heavy atom. The van der Waals surface area contributed by atoms with Gasteiger partial charge >= 0.3 is 0 Å². The summed E-state index contributed by atoms with van der Waals surface area (Å²) in [5.41, 5.74) is 7.75. The maximum atomic E-state index is 5.79. The van der Waals surface area contributed by atoms with Gasteiger partial charge in [-0.15, -0.1) is 0 Å². The fourth-order valence-electron chi connectivity index (χ4n) is 1.86. The number of thiocarbonyl (C=S) groups is 1. The normalized spacial score (nSPS) is 10.0. The standard InChI is InChI=1S/C16H18N2OS/c17-16(20)18-10-9-13-7-4-8-15(11-13)19-12-14-5-2-1-3-6-14/h1-8,11H,9-10,12H2,(H3,17,18,20). The Morgan fingerprint density at radius 2 is 1.80 bits per heavy atom. The van der Waals surface area contributed by atoms with Crippen LogP contribution < -0.4 is 15.8 Å². The van der Waals surface area contributed by atoms with Crippen molar-refractivity contribution < 1.29 is 4.74 Å². The van der Waals surface area contributed by atoms with Crippen molar-refractivity contribution in [2.45, 2.75) is 13.0 Å². The lowest BCUT2D eigenvalue weighted by Gasteiger charge is -2.09. The zero-order valence-corrected chi connectivity index (χ0v) is 12.0. The average Bonchev–Trinajstić information content (AvgIpc) is 2.46. The Balaban J connectivity index is 1.87. The second-order valence-corrected chi connectivity index (χ2v) is 4.90. The van der Waals surface area contributed by atoms with Gasteiger partial charge in [-0.3, -0.25) is 0 Å². The highest BCUT2D eigenvalue weighted by molar-refractivity contribution is 7.80. The van der Waals surface area contributed by atoms with E-state index in [1.54, 1.807) is 0 Å². The van der Waals surface area contributed by atoms with Crippen molar-refractivity contribution in [2.24, 2.45) is 5.73 Å². The molecule has 20 heavy (non-hydrogen) atoms. The highest BCUT2D eigenvalue weighted by Crippen LogP contribution is 2.15. The predicted molar refractivity (Wildman–Crippen MR) is 85.7 cm³/mol. The number of ether oxygens (including phenoxy) is 1. The number of hydrogen-bond acceptors (Lipinski definition) is 2. The third-order valence-corrected chi connectivity index (χ3v) is 3.00. The minimum atomic E-state index is 0.335. The number of rotatable bonds is 6. The Labute approximate surface area is 124 Å². The number of hydrogen-bond donors (Lipinski definition) is 2. The van der Waals surface area contributed by atoms with E-state index in [1.807, 2.05) is 36.4 Å². The first-order chi connectivity index (χ1) is 9.74. The van der Waals surface area contributed by atoms with E-state index in [0.29, 0.717) is 11.7 Å². The van der Waals surface area contributed by atoms with Crippen molar-refractivity contribution >= 4 is 17.3 Å². The van der Waals surface area contributed by atoms with Gasteiger partial charge in [0.2, 0.25) is 0 Å². The molecule has 0 aromatic heterocycles. The SMILES string of the molecule is NC(=S)NCCc1cccc(OCc2ccccc2)c1. The summed E-state index contributed by atoms with van der Waals surface area (Å²) in [6.45, 7) is 1.31. The Kier molecular flexibility index (Phi) is 5.38. The van der Waals surface area contributed by atoms with Gasteiger partial charge < -0.3 is 15.8 Å². The van der Waals surface area contributed by atoms with E-state index in [2.05, 4.69) is 23.5 Å². The lowest BCUT2D eigenvalue weighted by molar-refractivity contribution is 0.306. The maximum absolute atomic E-state index is 5.79. The fraction of sp³-hybridized carbons (Fsp3) is 0.188. The molecule has 0 bridgehead atoms. The molecule has 0 unspecified atom stereocenters. The summed E-state index contributed by atoms with van der Waals surface area (Å²) < 4.78 is 5.79. The van der Waals surface area contributed by atoms with Gasteiger partial charge in [0.1, 0.15) is 12.4 Å². The summed E-state index contributed by atoms with van der Waals surface area (Å²) in [4.78, 5) is 0. The molecule has 0 atom stereocenters. The summed E-state index contributed by atoms with van der Waals surface area (Å²) in [5.74, 6) is 0.877. The van der Waals surface area contributed by atoms with Gasteiger partial charge in [0, 0.05) is 6.54 Å². The zero-order valence-electron chi connectivity index (χ0n) is 11.2. The molecule has 2 aromatic carbocycles.